The molecule has 0 N–H and O–H groups in total. The smallest absolute Gasteiger partial charge is 0.224 e. The van der Waals surface area contributed by atoms with E-state index in [0.29, 0.717) is 11.7 Å². The minimum absolute atomic E-state index is 0.00148. The third-order valence-corrected chi connectivity index (χ3v) is 2.16. The zero-order chi connectivity index (χ0) is 10.7. The molecule has 3 heteroatoms. The van der Waals surface area contributed by atoms with Gasteiger partial charge in [-0.1, -0.05) is 19.9 Å². The summed E-state index contributed by atoms with van der Waals surface area (Å²) in [5, 5.41) is 0. The Balaban J connectivity index is 2.99. The van der Waals surface area contributed by atoms with E-state index in [0.717, 1.165) is 5.69 Å². The van der Waals surface area contributed by atoms with Gasteiger partial charge in [-0.05, 0) is 18.1 Å². The largest absolute Gasteiger partial charge is 0.300 e. The van der Waals surface area contributed by atoms with Crippen LogP contribution in [0.25, 0.3) is 0 Å². The highest BCUT2D eigenvalue weighted by Gasteiger charge is 2.08. The highest BCUT2D eigenvalue weighted by atomic mass is 16.2. The van der Waals surface area contributed by atoms with Crippen LogP contribution in [0.3, 0.4) is 0 Å². The van der Waals surface area contributed by atoms with Crippen LogP contribution in [0.5, 0.6) is 0 Å². The van der Waals surface area contributed by atoms with Crippen LogP contribution in [0.4, 0.5) is 5.82 Å². The standard InChI is InChI=1S/C11H16N2O/c1-8(2)10-6-5-7-11(12-10)13(4)9(3)14/h5-8H,1-4H3. The van der Waals surface area contributed by atoms with Gasteiger partial charge in [0.2, 0.25) is 5.91 Å². The van der Waals surface area contributed by atoms with Crippen LogP contribution >= 0.6 is 0 Å². The molecule has 0 unspecified atom stereocenters. The summed E-state index contributed by atoms with van der Waals surface area (Å²) in [7, 11) is 1.73. The molecular formula is C11H16N2O. The van der Waals surface area contributed by atoms with Gasteiger partial charge in [0.1, 0.15) is 5.82 Å². The van der Waals surface area contributed by atoms with Gasteiger partial charge in [0.25, 0.3) is 0 Å². The molecule has 0 saturated carbocycles. The molecule has 1 aromatic rings. The molecule has 1 amide bonds. The third kappa shape index (κ3) is 2.31. The first-order valence-corrected chi connectivity index (χ1v) is 4.73. The average Bonchev–Trinajstić information content (AvgIpc) is 2.16. The molecule has 1 heterocycles. The number of anilines is 1. The summed E-state index contributed by atoms with van der Waals surface area (Å²) >= 11 is 0. The van der Waals surface area contributed by atoms with Gasteiger partial charge < -0.3 is 4.90 Å². The van der Waals surface area contributed by atoms with E-state index in [1.807, 2.05) is 18.2 Å². The first kappa shape index (κ1) is 10.7. The summed E-state index contributed by atoms with van der Waals surface area (Å²) in [6.45, 7) is 5.70. The zero-order valence-electron chi connectivity index (χ0n) is 9.11. The molecule has 0 spiro atoms. The van der Waals surface area contributed by atoms with Crippen LogP contribution in [0.1, 0.15) is 32.4 Å². The molecule has 0 saturated heterocycles. The Kier molecular flexibility index (Phi) is 3.23. The number of nitrogens with zero attached hydrogens (tertiary/aromatic N) is 2. The Morgan fingerprint density at radius 2 is 2.07 bits per heavy atom. The lowest BCUT2D eigenvalue weighted by atomic mass is 10.1. The fourth-order valence-corrected chi connectivity index (χ4v) is 1.11. The molecule has 0 atom stereocenters. The Morgan fingerprint density at radius 1 is 1.43 bits per heavy atom. The first-order valence-electron chi connectivity index (χ1n) is 4.73. The van der Waals surface area contributed by atoms with Crippen LogP contribution in [-0.4, -0.2) is 17.9 Å². The number of carbonyl (C=O) groups excluding carboxylic acids is 1. The number of aromatic nitrogens is 1. The second-order valence-corrected chi connectivity index (χ2v) is 3.65. The maximum absolute atomic E-state index is 11.1. The molecule has 0 aromatic carbocycles. The van der Waals surface area contributed by atoms with Crippen molar-refractivity contribution in [3.05, 3.63) is 23.9 Å². The zero-order valence-corrected chi connectivity index (χ0v) is 9.11. The summed E-state index contributed by atoms with van der Waals surface area (Å²) in [6, 6.07) is 5.74. The Morgan fingerprint density at radius 3 is 2.57 bits per heavy atom. The number of hydrogen-bond donors (Lipinski definition) is 0. The van der Waals surface area contributed by atoms with Crippen LogP contribution in [-0.2, 0) is 4.79 Å². The SMILES string of the molecule is CC(=O)N(C)c1cccc(C(C)C)n1. The molecule has 0 aliphatic heterocycles. The fourth-order valence-electron chi connectivity index (χ4n) is 1.11. The van der Waals surface area contributed by atoms with E-state index in [1.54, 1.807) is 11.9 Å². The average molecular weight is 192 g/mol. The van der Waals surface area contributed by atoms with Crippen molar-refractivity contribution in [3.63, 3.8) is 0 Å². The van der Waals surface area contributed by atoms with E-state index >= 15 is 0 Å². The summed E-state index contributed by atoms with van der Waals surface area (Å²) in [5.41, 5.74) is 1.01. The lowest BCUT2D eigenvalue weighted by Gasteiger charge is -2.15. The van der Waals surface area contributed by atoms with E-state index in [9.17, 15) is 4.79 Å². The lowest BCUT2D eigenvalue weighted by molar-refractivity contribution is -0.116. The van der Waals surface area contributed by atoms with Crippen molar-refractivity contribution in [1.82, 2.24) is 4.98 Å². The molecule has 0 aliphatic rings. The number of pyridine rings is 1. The third-order valence-electron chi connectivity index (χ3n) is 2.16. The van der Waals surface area contributed by atoms with Crippen LogP contribution in [0, 0.1) is 0 Å². The van der Waals surface area contributed by atoms with Gasteiger partial charge >= 0.3 is 0 Å². The number of amides is 1. The summed E-state index contributed by atoms with van der Waals surface area (Å²) < 4.78 is 0. The van der Waals surface area contributed by atoms with Gasteiger partial charge in [-0.15, -0.1) is 0 Å². The number of carbonyl (C=O) groups is 1. The van der Waals surface area contributed by atoms with Crippen LogP contribution in [0.15, 0.2) is 18.2 Å². The minimum Gasteiger partial charge on any atom is -0.300 e. The van der Waals surface area contributed by atoms with Gasteiger partial charge in [0, 0.05) is 19.7 Å². The summed E-state index contributed by atoms with van der Waals surface area (Å²) in [5.74, 6) is 1.09. The normalized spacial score (nSPS) is 10.4. The van der Waals surface area contributed by atoms with E-state index in [-0.39, 0.29) is 5.91 Å². The van der Waals surface area contributed by atoms with E-state index < -0.39 is 0 Å². The Hall–Kier alpha value is -1.38. The van der Waals surface area contributed by atoms with Crippen molar-refractivity contribution < 1.29 is 4.79 Å². The van der Waals surface area contributed by atoms with Crippen LogP contribution in [0.2, 0.25) is 0 Å². The van der Waals surface area contributed by atoms with Crippen molar-refractivity contribution in [1.29, 1.82) is 0 Å². The maximum Gasteiger partial charge on any atom is 0.224 e. The first-order chi connectivity index (χ1) is 6.52. The summed E-state index contributed by atoms with van der Waals surface area (Å²) in [4.78, 5) is 17.1. The molecule has 1 rings (SSSR count). The van der Waals surface area contributed by atoms with Gasteiger partial charge in [-0.3, -0.25) is 4.79 Å². The molecule has 3 nitrogen and oxygen atoms in total. The van der Waals surface area contributed by atoms with E-state index in [1.165, 1.54) is 6.92 Å². The van der Waals surface area contributed by atoms with Crippen LogP contribution < -0.4 is 4.90 Å². The number of rotatable bonds is 2. The van der Waals surface area contributed by atoms with Crippen molar-refractivity contribution in [2.75, 3.05) is 11.9 Å². The monoisotopic (exact) mass is 192 g/mol. The molecule has 14 heavy (non-hydrogen) atoms. The predicted molar refractivity (Wildman–Crippen MR) is 57.4 cm³/mol. The highest BCUT2D eigenvalue weighted by molar-refractivity contribution is 5.89. The molecule has 0 radical (unpaired) electrons. The van der Waals surface area contributed by atoms with Crippen molar-refractivity contribution >= 4 is 11.7 Å². The van der Waals surface area contributed by atoms with Crippen molar-refractivity contribution in [3.8, 4) is 0 Å². The van der Waals surface area contributed by atoms with Gasteiger partial charge in [0.05, 0.1) is 0 Å². The predicted octanol–water partition coefficient (Wildman–Crippen LogP) is 2.19. The molecule has 1 aromatic heterocycles. The van der Waals surface area contributed by atoms with Crippen molar-refractivity contribution in [2.24, 2.45) is 0 Å². The Bertz CT molecular complexity index is 334. The minimum atomic E-state index is -0.00148. The molecule has 0 fully saturated rings. The lowest BCUT2D eigenvalue weighted by Crippen LogP contribution is -2.24. The number of hydrogen-bond acceptors (Lipinski definition) is 2. The molecule has 0 aliphatic carbocycles. The maximum atomic E-state index is 11.1. The second-order valence-electron chi connectivity index (χ2n) is 3.65. The fraction of sp³-hybridized carbons (Fsp3) is 0.455. The van der Waals surface area contributed by atoms with E-state index in [4.69, 9.17) is 0 Å². The second kappa shape index (κ2) is 4.22. The van der Waals surface area contributed by atoms with E-state index in [2.05, 4.69) is 18.8 Å². The molecular weight excluding hydrogens is 176 g/mol. The van der Waals surface area contributed by atoms with Gasteiger partial charge in [0.15, 0.2) is 0 Å². The van der Waals surface area contributed by atoms with Crippen molar-refractivity contribution in [2.45, 2.75) is 26.7 Å². The summed E-state index contributed by atoms with van der Waals surface area (Å²) in [6.07, 6.45) is 0. The van der Waals surface area contributed by atoms with Gasteiger partial charge in [-0.2, -0.15) is 0 Å². The topological polar surface area (TPSA) is 33.2 Å². The molecule has 0 bridgehead atoms. The Labute approximate surface area is 84.8 Å². The quantitative estimate of drug-likeness (QED) is 0.719. The highest BCUT2D eigenvalue weighted by Crippen LogP contribution is 2.15. The van der Waals surface area contributed by atoms with Gasteiger partial charge in [-0.25, -0.2) is 4.98 Å². The molecule has 76 valence electrons.